The molecule has 1 aromatic rings. The van der Waals surface area contributed by atoms with Crippen molar-refractivity contribution in [3.63, 3.8) is 0 Å². The number of likely N-dealkylation sites (tertiary alicyclic amines) is 1. The van der Waals surface area contributed by atoms with Crippen LogP contribution in [0.25, 0.3) is 0 Å². The Balaban J connectivity index is 1.74. The number of aromatic amines is 1. The molecular formula is C12H18N4O2. The van der Waals surface area contributed by atoms with E-state index >= 15 is 0 Å². The van der Waals surface area contributed by atoms with E-state index in [2.05, 4.69) is 20.4 Å². The van der Waals surface area contributed by atoms with Gasteiger partial charge in [0.05, 0.1) is 0 Å². The van der Waals surface area contributed by atoms with Gasteiger partial charge in [-0.05, 0) is 32.0 Å². The molecule has 1 saturated heterocycles. The van der Waals surface area contributed by atoms with E-state index in [0.29, 0.717) is 6.54 Å². The number of aromatic nitrogens is 2. The average molecular weight is 250 g/mol. The monoisotopic (exact) mass is 250 g/mol. The van der Waals surface area contributed by atoms with Gasteiger partial charge in [-0.3, -0.25) is 9.59 Å². The Bertz CT molecular complexity index is 431. The maximum Gasteiger partial charge on any atom is 0.271 e. The second kappa shape index (κ2) is 6.30. The van der Waals surface area contributed by atoms with Gasteiger partial charge in [-0.25, -0.2) is 5.10 Å². The second-order valence-electron chi connectivity index (χ2n) is 4.46. The number of H-pyrrole nitrogens is 1. The van der Waals surface area contributed by atoms with Gasteiger partial charge in [-0.15, -0.1) is 0 Å². The number of amides is 1. The highest BCUT2D eigenvalue weighted by Crippen LogP contribution is 2.07. The predicted molar refractivity (Wildman–Crippen MR) is 67.5 cm³/mol. The third kappa shape index (κ3) is 3.66. The molecule has 0 radical (unpaired) electrons. The van der Waals surface area contributed by atoms with Crippen LogP contribution in [-0.4, -0.2) is 47.2 Å². The van der Waals surface area contributed by atoms with E-state index in [0.717, 1.165) is 19.6 Å². The minimum absolute atomic E-state index is 0.244. The summed E-state index contributed by atoms with van der Waals surface area (Å²) in [5, 5.41) is 8.72. The molecule has 1 amide bonds. The van der Waals surface area contributed by atoms with Gasteiger partial charge in [-0.1, -0.05) is 6.42 Å². The fourth-order valence-electron chi connectivity index (χ4n) is 2.07. The van der Waals surface area contributed by atoms with E-state index in [-0.39, 0.29) is 17.2 Å². The Kier molecular flexibility index (Phi) is 4.46. The zero-order valence-corrected chi connectivity index (χ0v) is 10.3. The Hall–Kier alpha value is -1.69. The van der Waals surface area contributed by atoms with E-state index in [1.165, 1.54) is 31.4 Å². The van der Waals surface area contributed by atoms with E-state index in [9.17, 15) is 9.59 Å². The van der Waals surface area contributed by atoms with E-state index in [4.69, 9.17) is 0 Å². The molecule has 0 aliphatic carbocycles. The van der Waals surface area contributed by atoms with Crippen LogP contribution in [0.15, 0.2) is 16.9 Å². The molecule has 6 nitrogen and oxygen atoms in total. The smallest absolute Gasteiger partial charge is 0.271 e. The molecule has 6 heteroatoms. The van der Waals surface area contributed by atoms with Gasteiger partial charge in [-0.2, -0.15) is 5.10 Å². The topological polar surface area (TPSA) is 78.1 Å². The van der Waals surface area contributed by atoms with Crippen LogP contribution in [0.3, 0.4) is 0 Å². The van der Waals surface area contributed by atoms with Crippen LogP contribution >= 0.6 is 0 Å². The lowest BCUT2D eigenvalue weighted by molar-refractivity contribution is 0.0940. The van der Waals surface area contributed by atoms with Crippen LogP contribution in [0.4, 0.5) is 0 Å². The van der Waals surface area contributed by atoms with Gasteiger partial charge in [0.1, 0.15) is 5.69 Å². The van der Waals surface area contributed by atoms with Crippen molar-refractivity contribution < 1.29 is 4.79 Å². The highest BCUT2D eigenvalue weighted by atomic mass is 16.2. The minimum atomic E-state index is -0.306. The molecule has 2 rings (SSSR count). The highest BCUT2D eigenvalue weighted by molar-refractivity contribution is 5.91. The fraction of sp³-hybridized carbons (Fsp3) is 0.583. The van der Waals surface area contributed by atoms with Crippen LogP contribution in [0, 0.1) is 0 Å². The van der Waals surface area contributed by atoms with Crippen molar-refractivity contribution in [2.45, 2.75) is 19.3 Å². The number of carbonyl (C=O) groups is 1. The van der Waals surface area contributed by atoms with Gasteiger partial charge < -0.3 is 10.2 Å². The lowest BCUT2D eigenvalue weighted by Crippen LogP contribution is -2.38. The molecular weight excluding hydrogens is 232 g/mol. The first-order valence-electron chi connectivity index (χ1n) is 6.32. The molecule has 18 heavy (non-hydrogen) atoms. The van der Waals surface area contributed by atoms with Gasteiger partial charge >= 0.3 is 0 Å². The second-order valence-corrected chi connectivity index (χ2v) is 4.46. The molecule has 0 saturated carbocycles. The van der Waals surface area contributed by atoms with E-state index in [1.54, 1.807) is 0 Å². The Morgan fingerprint density at radius 3 is 2.78 bits per heavy atom. The minimum Gasteiger partial charge on any atom is -0.349 e. The largest absolute Gasteiger partial charge is 0.349 e. The molecule has 2 N–H and O–H groups in total. The summed E-state index contributed by atoms with van der Waals surface area (Å²) in [4.78, 5) is 24.8. The summed E-state index contributed by atoms with van der Waals surface area (Å²) in [5.41, 5.74) is -0.0619. The number of piperidine rings is 1. The molecule has 0 atom stereocenters. The summed E-state index contributed by atoms with van der Waals surface area (Å²) in [7, 11) is 0. The van der Waals surface area contributed by atoms with Crippen molar-refractivity contribution in [3.8, 4) is 0 Å². The number of hydrogen-bond acceptors (Lipinski definition) is 4. The van der Waals surface area contributed by atoms with Crippen LogP contribution in [0.1, 0.15) is 29.8 Å². The van der Waals surface area contributed by atoms with Crippen molar-refractivity contribution in [2.75, 3.05) is 26.2 Å². The standard InChI is InChI=1S/C12H18N4O2/c17-11-5-4-10(14-15-11)12(18)13-6-9-16-7-2-1-3-8-16/h4-5H,1-3,6-9H2,(H,13,18)(H,15,17). The van der Waals surface area contributed by atoms with Crippen molar-refractivity contribution in [3.05, 3.63) is 28.2 Å². The molecule has 1 aliphatic heterocycles. The number of nitrogens with one attached hydrogen (secondary N) is 2. The van der Waals surface area contributed by atoms with Crippen LogP contribution < -0.4 is 10.9 Å². The molecule has 98 valence electrons. The van der Waals surface area contributed by atoms with Crippen molar-refractivity contribution >= 4 is 5.91 Å². The first-order valence-corrected chi connectivity index (χ1v) is 6.32. The number of nitrogens with zero attached hydrogens (tertiary/aromatic N) is 2. The molecule has 1 aliphatic rings. The number of hydrogen-bond donors (Lipinski definition) is 2. The Labute approximate surface area is 105 Å². The number of carbonyl (C=O) groups excluding carboxylic acids is 1. The lowest BCUT2D eigenvalue weighted by Gasteiger charge is -2.26. The molecule has 2 heterocycles. The summed E-state index contributed by atoms with van der Waals surface area (Å²) in [5.74, 6) is -0.247. The van der Waals surface area contributed by atoms with Gasteiger partial charge in [0.25, 0.3) is 11.5 Å². The zero-order chi connectivity index (χ0) is 12.8. The summed E-state index contributed by atoms with van der Waals surface area (Å²) in [6.07, 6.45) is 3.80. The molecule has 0 bridgehead atoms. The first kappa shape index (κ1) is 12.8. The summed E-state index contributed by atoms with van der Waals surface area (Å²) in [6.45, 7) is 3.72. The highest BCUT2D eigenvalue weighted by Gasteiger charge is 2.11. The summed E-state index contributed by atoms with van der Waals surface area (Å²) < 4.78 is 0. The van der Waals surface area contributed by atoms with Gasteiger partial charge in [0.2, 0.25) is 0 Å². The van der Waals surface area contributed by atoms with Crippen LogP contribution in [0.2, 0.25) is 0 Å². The van der Waals surface area contributed by atoms with Crippen molar-refractivity contribution in [1.29, 1.82) is 0 Å². The van der Waals surface area contributed by atoms with Gasteiger partial charge in [0, 0.05) is 19.2 Å². The number of rotatable bonds is 4. The predicted octanol–water partition coefficient (Wildman–Crippen LogP) is -0.0144. The SMILES string of the molecule is O=C(NCCN1CCCCC1)c1ccc(=O)[nH]n1. The molecule has 0 unspecified atom stereocenters. The third-order valence-electron chi connectivity index (χ3n) is 3.07. The first-order chi connectivity index (χ1) is 8.75. The quantitative estimate of drug-likeness (QED) is 0.787. The van der Waals surface area contributed by atoms with Gasteiger partial charge in [0.15, 0.2) is 0 Å². The average Bonchev–Trinajstić information content (AvgIpc) is 2.40. The zero-order valence-electron chi connectivity index (χ0n) is 10.3. The Morgan fingerprint density at radius 1 is 1.33 bits per heavy atom. The summed E-state index contributed by atoms with van der Waals surface area (Å²) >= 11 is 0. The van der Waals surface area contributed by atoms with Crippen molar-refractivity contribution in [1.82, 2.24) is 20.4 Å². The molecule has 0 aromatic carbocycles. The van der Waals surface area contributed by atoms with Crippen LogP contribution in [0.5, 0.6) is 0 Å². The van der Waals surface area contributed by atoms with Crippen LogP contribution in [-0.2, 0) is 0 Å². The van der Waals surface area contributed by atoms with E-state index < -0.39 is 0 Å². The lowest BCUT2D eigenvalue weighted by atomic mass is 10.1. The molecule has 0 spiro atoms. The Morgan fingerprint density at radius 2 is 2.11 bits per heavy atom. The molecule has 1 aromatic heterocycles. The summed E-state index contributed by atoms with van der Waals surface area (Å²) in [6, 6.07) is 2.72. The van der Waals surface area contributed by atoms with E-state index in [1.807, 2.05) is 0 Å². The molecule has 1 fully saturated rings. The maximum atomic E-state index is 11.7. The third-order valence-corrected chi connectivity index (χ3v) is 3.07. The fourth-order valence-corrected chi connectivity index (χ4v) is 2.07. The van der Waals surface area contributed by atoms with Crippen molar-refractivity contribution in [2.24, 2.45) is 0 Å². The normalized spacial score (nSPS) is 16.4. The maximum absolute atomic E-state index is 11.7.